The van der Waals surface area contributed by atoms with Gasteiger partial charge in [-0.1, -0.05) is 29.4 Å². The number of carbonyl (C=O) groups excluding carboxylic acids is 1. The molecule has 0 saturated carbocycles. The largest absolute Gasteiger partial charge is 0.451 e. The van der Waals surface area contributed by atoms with Crippen molar-refractivity contribution in [3.05, 3.63) is 76.7 Å². The van der Waals surface area contributed by atoms with Gasteiger partial charge >= 0.3 is 5.97 Å². The summed E-state index contributed by atoms with van der Waals surface area (Å²) in [5.74, 6) is 1.26. The summed E-state index contributed by atoms with van der Waals surface area (Å²) in [6.07, 6.45) is 1.61. The quantitative estimate of drug-likeness (QED) is 0.303. The van der Waals surface area contributed by atoms with Gasteiger partial charge in [-0.05, 0) is 63.9 Å². The normalized spacial score (nSPS) is 14.3. The molecule has 0 atom stereocenters. The van der Waals surface area contributed by atoms with E-state index in [0.29, 0.717) is 40.9 Å². The van der Waals surface area contributed by atoms with Crippen LogP contribution in [0.1, 0.15) is 60.6 Å². The lowest BCUT2D eigenvalue weighted by Gasteiger charge is -2.22. The molecule has 0 spiro atoms. The zero-order chi connectivity index (χ0) is 26.4. The maximum atomic E-state index is 12.1. The number of benzene rings is 2. The van der Waals surface area contributed by atoms with E-state index in [0.717, 1.165) is 16.7 Å². The monoisotopic (exact) mass is 500 g/mol. The average Bonchev–Trinajstić information content (AvgIpc) is 3.37. The zero-order valence-electron chi connectivity index (χ0n) is 21.3. The minimum absolute atomic E-state index is 0.289. The molecule has 3 heterocycles. The number of aromatic nitrogens is 4. The number of ether oxygens (including phenoxy) is 1. The molecule has 2 aromatic heterocycles. The summed E-state index contributed by atoms with van der Waals surface area (Å²) in [4.78, 5) is 25.6. The maximum Gasteiger partial charge on any atom is 0.339 e. The minimum Gasteiger partial charge on any atom is -0.451 e. The third kappa shape index (κ3) is 4.88. The molecule has 0 bridgehead atoms. The van der Waals surface area contributed by atoms with Crippen LogP contribution in [0.3, 0.4) is 0 Å². The van der Waals surface area contributed by atoms with Crippen molar-refractivity contribution in [3.63, 3.8) is 0 Å². The third-order valence-corrected chi connectivity index (χ3v) is 6.16. The molecule has 0 radical (unpaired) electrons. The number of aliphatic hydroxyl groups is 1. The van der Waals surface area contributed by atoms with Crippen molar-refractivity contribution in [2.24, 2.45) is 0 Å². The second kappa shape index (κ2) is 8.97. The van der Waals surface area contributed by atoms with Gasteiger partial charge in [0.2, 0.25) is 5.95 Å². The molecular weight excluding hydrogens is 472 g/mol. The van der Waals surface area contributed by atoms with Gasteiger partial charge in [0.1, 0.15) is 17.0 Å². The van der Waals surface area contributed by atoms with Gasteiger partial charge in [-0.2, -0.15) is 9.97 Å². The van der Waals surface area contributed by atoms with E-state index in [1.165, 1.54) is 0 Å². The van der Waals surface area contributed by atoms with Gasteiger partial charge in [0, 0.05) is 24.0 Å². The van der Waals surface area contributed by atoms with Crippen LogP contribution in [0.2, 0.25) is 0 Å². The minimum atomic E-state index is -1.00. The smallest absolute Gasteiger partial charge is 0.339 e. The van der Waals surface area contributed by atoms with Crippen molar-refractivity contribution in [2.45, 2.75) is 52.4 Å². The predicted molar refractivity (Wildman–Crippen MR) is 137 cm³/mol. The highest BCUT2D eigenvalue weighted by molar-refractivity contribution is 5.95. The lowest BCUT2D eigenvalue weighted by atomic mass is 9.93. The van der Waals surface area contributed by atoms with E-state index >= 15 is 0 Å². The van der Waals surface area contributed by atoms with E-state index in [1.54, 1.807) is 39.1 Å². The Balaban J connectivity index is 1.47. The van der Waals surface area contributed by atoms with Gasteiger partial charge in [0.25, 0.3) is 5.89 Å². The van der Waals surface area contributed by atoms with Gasteiger partial charge < -0.3 is 25.0 Å². The Morgan fingerprint density at radius 3 is 2.59 bits per heavy atom. The van der Waals surface area contributed by atoms with Crippen LogP contribution in [-0.2, 0) is 22.5 Å². The highest BCUT2D eigenvalue weighted by Crippen LogP contribution is 2.38. The van der Waals surface area contributed by atoms with Gasteiger partial charge in [-0.15, -0.1) is 0 Å². The topological polar surface area (TPSA) is 135 Å². The standard InChI is InChI=1S/C27H28N6O4/c1-15-30-23(37-33-15)19-14-29-25(31-17-10-11-18-21(12-17)27(4,5)36-24(18)34)32-22(19)28-13-16-8-6-7-9-20(16)26(2,3)35/h6-12,14,35H,13H2,1-5H3,(H2,28,29,31,32). The van der Waals surface area contributed by atoms with Gasteiger partial charge in [0.15, 0.2) is 5.82 Å². The fourth-order valence-electron chi connectivity index (χ4n) is 4.36. The number of nitrogens with one attached hydrogen (secondary N) is 2. The van der Waals surface area contributed by atoms with Crippen molar-refractivity contribution >= 4 is 23.4 Å². The number of aryl methyl sites for hydroxylation is 1. The van der Waals surface area contributed by atoms with E-state index in [9.17, 15) is 9.90 Å². The molecule has 0 fully saturated rings. The average molecular weight is 501 g/mol. The van der Waals surface area contributed by atoms with Crippen molar-refractivity contribution in [1.29, 1.82) is 0 Å². The molecule has 3 N–H and O–H groups in total. The highest BCUT2D eigenvalue weighted by atomic mass is 16.6. The van der Waals surface area contributed by atoms with Gasteiger partial charge in [0.05, 0.1) is 11.2 Å². The van der Waals surface area contributed by atoms with Crippen LogP contribution < -0.4 is 10.6 Å². The predicted octanol–water partition coefficient (Wildman–Crippen LogP) is 4.82. The summed E-state index contributed by atoms with van der Waals surface area (Å²) in [6.45, 7) is 9.34. The first-order valence-electron chi connectivity index (χ1n) is 11.9. The number of hydrogen-bond donors (Lipinski definition) is 3. The fourth-order valence-corrected chi connectivity index (χ4v) is 4.36. The zero-order valence-corrected chi connectivity index (χ0v) is 21.3. The molecule has 1 aliphatic heterocycles. The molecule has 0 saturated heterocycles. The summed E-state index contributed by atoms with van der Waals surface area (Å²) in [5.41, 5.74) is 2.60. The Kier molecular flexibility index (Phi) is 5.91. The molecule has 10 heteroatoms. The molecule has 0 aliphatic carbocycles. The second-order valence-electron chi connectivity index (χ2n) is 9.96. The van der Waals surface area contributed by atoms with E-state index in [4.69, 9.17) is 9.26 Å². The number of nitrogens with zero attached hydrogens (tertiary/aromatic N) is 4. The Bertz CT molecular complexity index is 1490. The maximum absolute atomic E-state index is 12.1. The molecule has 4 aromatic rings. The van der Waals surface area contributed by atoms with Crippen LogP contribution >= 0.6 is 0 Å². The Morgan fingerprint density at radius 1 is 1.08 bits per heavy atom. The molecule has 10 nitrogen and oxygen atoms in total. The summed E-state index contributed by atoms with van der Waals surface area (Å²) in [5, 5.41) is 21.0. The first-order valence-corrected chi connectivity index (χ1v) is 11.9. The molecule has 190 valence electrons. The van der Waals surface area contributed by atoms with E-state index in [2.05, 4.69) is 30.7 Å². The number of fused-ring (bicyclic) bond motifs is 1. The molecule has 37 heavy (non-hydrogen) atoms. The summed E-state index contributed by atoms with van der Waals surface area (Å²) >= 11 is 0. The number of anilines is 3. The lowest BCUT2D eigenvalue weighted by molar-refractivity contribution is 0.00954. The lowest BCUT2D eigenvalue weighted by Crippen LogP contribution is -2.19. The molecule has 0 amide bonds. The molecule has 0 unspecified atom stereocenters. The van der Waals surface area contributed by atoms with E-state index in [1.807, 2.05) is 44.2 Å². The fraction of sp³-hybridized carbons (Fsp3) is 0.296. The van der Waals surface area contributed by atoms with Crippen LogP contribution in [0.25, 0.3) is 11.5 Å². The summed E-state index contributed by atoms with van der Waals surface area (Å²) in [7, 11) is 0. The Labute approximate surface area is 214 Å². The number of hydrogen-bond acceptors (Lipinski definition) is 10. The highest BCUT2D eigenvalue weighted by Gasteiger charge is 2.37. The summed E-state index contributed by atoms with van der Waals surface area (Å²) < 4.78 is 10.8. The second-order valence-corrected chi connectivity index (χ2v) is 9.96. The van der Waals surface area contributed by atoms with Crippen LogP contribution in [0.15, 0.2) is 53.2 Å². The molecule has 2 aromatic carbocycles. The van der Waals surface area contributed by atoms with Crippen molar-refractivity contribution < 1.29 is 19.2 Å². The van der Waals surface area contributed by atoms with E-state index in [-0.39, 0.29) is 11.9 Å². The Hall–Kier alpha value is -4.31. The molecule has 5 rings (SSSR count). The van der Waals surface area contributed by atoms with Crippen LogP contribution in [0.5, 0.6) is 0 Å². The van der Waals surface area contributed by atoms with Crippen molar-refractivity contribution in [2.75, 3.05) is 10.6 Å². The van der Waals surface area contributed by atoms with Gasteiger partial charge in [-0.25, -0.2) is 9.78 Å². The number of carbonyl (C=O) groups is 1. The van der Waals surface area contributed by atoms with E-state index < -0.39 is 11.2 Å². The van der Waals surface area contributed by atoms with Crippen molar-refractivity contribution in [3.8, 4) is 11.5 Å². The first kappa shape index (κ1) is 24.4. The van der Waals surface area contributed by atoms with Crippen molar-refractivity contribution in [1.82, 2.24) is 20.1 Å². The molecule has 1 aliphatic rings. The third-order valence-electron chi connectivity index (χ3n) is 6.16. The Morgan fingerprint density at radius 2 is 1.86 bits per heavy atom. The van der Waals surface area contributed by atoms with Crippen LogP contribution in [0.4, 0.5) is 17.5 Å². The van der Waals surface area contributed by atoms with Gasteiger partial charge in [-0.3, -0.25) is 0 Å². The number of cyclic esters (lactones) is 1. The molecular formula is C27H28N6O4. The first-order chi connectivity index (χ1) is 17.5. The van der Waals surface area contributed by atoms with Crippen LogP contribution in [0, 0.1) is 6.92 Å². The SMILES string of the molecule is Cc1noc(-c2cnc(Nc3ccc4c(c3)C(C)(C)OC4=O)nc2NCc2ccccc2C(C)(C)O)n1. The summed E-state index contributed by atoms with van der Waals surface area (Å²) in [6, 6.07) is 13.1. The number of esters is 1. The van der Waals surface area contributed by atoms with Crippen LogP contribution in [-0.4, -0.2) is 31.2 Å². The number of rotatable bonds is 7.